The van der Waals surface area contributed by atoms with Gasteiger partial charge in [0, 0.05) is 30.4 Å². The van der Waals surface area contributed by atoms with Gasteiger partial charge < -0.3 is 15.2 Å². The van der Waals surface area contributed by atoms with E-state index in [1.807, 2.05) is 49.4 Å². The number of pyridine rings is 1. The molecule has 2 N–H and O–H groups in total. The first-order chi connectivity index (χ1) is 14.1. The summed E-state index contributed by atoms with van der Waals surface area (Å²) < 4.78 is 1.69. The predicted molar refractivity (Wildman–Crippen MR) is 119 cm³/mol. The summed E-state index contributed by atoms with van der Waals surface area (Å²) in [6.45, 7) is 4.60. The third-order valence-electron chi connectivity index (χ3n) is 4.39. The monoisotopic (exact) mass is 408 g/mol. The van der Waals surface area contributed by atoms with Gasteiger partial charge in [0.05, 0.1) is 13.1 Å². The van der Waals surface area contributed by atoms with E-state index in [2.05, 4.69) is 27.8 Å². The summed E-state index contributed by atoms with van der Waals surface area (Å²) in [6.07, 6.45) is 1.80. The third kappa shape index (κ3) is 6.50. The Hall–Kier alpha value is -3.05. The largest absolute Gasteiger partial charge is 0.357 e. The first-order valence-corrected chi connectivity index (χ1v) is 10.0. The minimum atomic E-state index is 0.00411. The minimum absolute atomic E-state index is 0.00411. The Morgan fingerprint density at radius 1 is 0.966 bits per heavy atom. The van der Waals surface area contributed by atoms with Gasteiger partial charge in [-0.3, -0.25) is 4.79 Å². The molecule has 2 aromatic carbocycles. The summed E-state index contributed by atoms with van der Waals surface area (Å²) >= 11 is 6.04. The molecule has 0 aliphatic rings. The second-order valence-electron chi connectivity index (χ2n) is 6.66. The van der Waals surface area contributed by atoms with Crippen LogP contribution in [0.25, 0.3) is 0 Å². The van der Waals surface area contributed by atoms with E-state index in [1.165, 1.54) is 0 Å². The van der Waals surface area contributed by atoms with Crippen molar-refractivity contribution in [3.8, 4) is 0 Å². The molecule has 0 saturated carbocycles. The second kappa shape index (κ2) is 10.5. The van der Waals surface area contributed by atoms with E-state index < -0.39 is 0 Å². The number of rotatable bonds is 7. The van der Waals surface area contributed by atoms with Crippen molar-refractivity contribution in [2.45, 2.75) is 26.6 Å². The molecule has 0 atom stereocenters. The molecular formula is C23H25ClN4O. The molecule has 0 spiro atoms. The molecule has 6 heteroatoms. The van der Waals surface area contributed by atoms with Crippen LogP contribution < -0.4 is 16.2 Å². The molecule has 0 amide bonds. The number of halogens is 1. The number of nitrogens with zero attached hydrogens (tertiary/aromatic N) is 2. The zero-order valence-electron chi connectivity index (χ0n) is 16.4. The van der Waals surface area contributed by atoms with Crippen LogP contribution in [0.4, 0.5) is 0 Å². The van der Waals surface area contributed by atoms with Crippen LogP contribution in [0.1, 0.15) is 23.6 Å². The van der Waals surface area contributed by atoms with Crippen molar-refractivity contribution in [1.29, 1.82) is 0 Å². The van der Waals surface area contributed by atoms with E-state index >= 15 is 0 Å². The van der Waals surface area contributed by atoms with Gasteiger partial charge in [-0.25, -0.2) is 4.99 Å². The Morgan fingerprint density at radius 3 is 2.48 bits per heavy atom. The molecule has 5 nitrogen and oxygen atoms in total. The average molecular weight is 409 g/mol. The lowest BCUT2D eigenvalue weighted by molar-refractivity contribution is 0.758. The molecule has 0 unspecified atom stereocenters. The van der Waals surface area contributed by atoms with Crippen molar-refractivity contribution >= 4 is 17.6 Å². The van der Waals surface area contributed by atoms with Crippen LogP contribution >= 0.6 is 11.6 Å². The van der Waals surface area contributed by atoms with Crippen molar-refractivity contribution in [3.05, 3.63) is 105 Å². The molecule has 3 aromatic rings. The second-order valence-corrected chi connectivity index (χ2v) is 7.10. The summed E-state index contributed by atoms with van der Waals surface area (Å²) in [5, 5.41) is 7.32. The summed E-state index contributed by atoms with van der Waals surface area (Å²) in [5.41, 5.74) is 3.30. The molecule has 1 heterocycles. The maximum absolute atomic E-state index is 11.8. The standard InChI is InChI=1S/C23H25ClN4O/c1-2-25-23(27-16-20-6-5-7-21(24)14-20)26-15-18-9-11-19(12-10-18)17-28-13-4-3-8-22(28)29/h3-14H,2,15-17H2,1H3,(H2,25,26,27). The van der Waals surface area contributed by atoms with Crippen LogP contribution in [-0.2, 0) is 19.6 Å². The minimum Gasteiger partial charge on any atom is -0.357 e. The first kappa shape index (κ1) is 20.7. The van der Waals surface area contributed by atoms with Crippen LogP contribution in [0.5, 0.6) is 0 Å². The fourth-order valence-electron chi connectivity index (χ4n) is 2.88. The third-order valence-corrected chi connectivity index (χ3v) is 4.62. The van der Waals surface area contributed by atoms with E-state index in [0.717, 1.165) is 29.2 Å². The molecule has 150 valence electrons. The molecule has 0 saturated heterocycles. The van der Waals surface area contributed by atoms with Gasteiger partial charge in [0.2, 0.25) is 0 Å². The fraction of sp³-hybridized carbons (Fsp3) is 0.217. The van der Waals surface area contributed by atoms with Crippen LogP contribution in [0, 0.1) is 0 Å². The SMILES string of the molecule is CCNC(=NCc1cccc(Cl)c1)NCc1ccc(Cn2ccccc2=O)cc1. The normalized spacial score (nSPS) is 11.3. The lowest BCUT2D eigenvalue weighted by Crippen LogP contribution is -2.36. The molecule has 3 rings (SSSR count). The summed E-state index contributed by atoms with van der Waals surface area (Å²) in [6, 6.07) is 21.1. The smallest absolute Gasteiger partial charge is 0.250 e. The van der Waals surface area contributed by atoms with Gasteiger partial charge in [-0.05, 0) is 41.8 Å². The van der Waals surface area contributed by atoms with Crippen molar-refractivity contribution in [2.24, 2.45) is 4.99 Å². The van der Waals surface area contributed by atoms with Gasteiger partial charge in [0.25, 0.3) is 5.56 Å². The quantitative estimate of drug-likeness (QED) is 0.461. The van der Waals surface area contributed by atoms with Gasteiger partial charge in [0.1, 0.15) is 0 Å². The maximum atomic E-state index is 11.8. The number of hydrogen-bond donors (Lipinski definition) is 2. The molecule has 0 bridgehead atoms. The van der Waals surface area contributed by atoms with E-state index in [1.54, 1.807) is 22.9 Å². The van der Waals surface area contributed by atoms with Gasteiger partial charge in [-0.15, -0.1) is 0 Å². The Balaban J connectivity index is 1.58. The van der Waals surface area contributed by atoms with Gasteiger partial charge >= 0.3 is 0 Å². The van der Waals surface area contributed by atoms with Crippen molar-refractivity contribution in [3.63, 3.8) is 0 Å². The Morgan fingerprint density at radius 2 is 1.76 bits per heavy atom. The van der Waals surface area contributed by atoms with E-state index in [4.69, 9.17) is 11.6 Å². The number of nitrogens with one attached hydrogen (secondary N) is 2. The Labute approximate surface area is 176 Å². The highest BCUT2D eigenvalue weighted by Crippen LogP contribution is 2.11. The highest BCUT2D eigenvalue weighted by atomic mass is 35.5. The van der Waals surface area contributed by atoms with Crippen molar-refractivity contribution < 1.29 is 0 Å². The van der Waals surface area contributed by atoms with Gasteiger partial charge in [-0.2, -0.15) is 0 Å². The molecule has 1 aromatic heterocycles. The van der Waals surface area contributed by atoms with E-state index in [9.17, 15) is 4.79 Å². The molecule has 0 aliphatic heterocycles. The summed E-state index contributed by atoms with van der Waals surface area (Å²) in [4.78, 5) is 16.5. The summed E-state index contributed by atoms with van der Waals surface area (Å²) in [7, 11) is 0. The molecule has 0 radical (unpaired) electrons. The van der Waals surface area contributed by atoms with Crippen molar-refractivity contribution in [1.82, 2.24) is 15.2 Å². The predicted octanol–water partition coefficient (Wildman–Crippen LogP) is 3.81. The van der Waals surface area contributed by atoms with Crippen LogP contribution in [0.2, 0.25) is 5.02 Å². The maximum Gasteiger partial charge on any atom is 0.250 e. The average Bonchev–Trinajstić information content (AvgIpc) is 2.73. The number of guanidine groups is 1. The number of benzene rings is 2. The molecule has 0 aliphatic carbocycles. The molecular weight excluding hydrogens is 384 g/mol. The van der Waals surface area contributed by atoms with Crippen molar-refractivity contribution in [2.75, 3.05) is 6.54 Å². The zero-order chi connectivity index (χ0) is 20.5. The molecule has 29 heavy (non-hydrogen) atoms. The lowest BCUT2D eigenvalue weighted by atomic mass is 10.1. The lowest BCUT2D eigenvalue weighted by Gasteiger charge is -2.12. The first-order valence-electron chi connectivity index (χ1n) is 9.64. The van der Waals surface area contributed by atoms with Gasteiger partial charge in [0.15, 0.2) is 5.96 Å². The van der Waals surface area contributed by atoms with Crippen LogP contribution in [0.15, 0.2) is 82.7 Å². The Kier molecular flexibility index (Phi) is 7.47. The highest BCUT2D eigenvalue weighted by molar-refractivity contribution is 6.30. The zero-order valence-corrected chi connectivity index (χ0v) is 17.2. The highest BCUT2D eigenvalue weighted by Gasteiger charge is 2.01. The molecule has 0 fully saturated rings. The summed E-state index contributed by atoms with van der Waals surface area (Å²) in [5.74, 6) is 0.757. The Bertz CT molecular complexity index is 1010. The number of aromatic nitrogens is 1. The van der Waals surface area contributed by atoms with Crippen LogP contribution in [0.3, 0.4) is 0 Å². The fourth-order valence-corrected chi connectivity index (χ4v) is 3.10. The number of hydrogen-bond acceptors (Lipinski definition) is 2. The number of aliphatic imine (C=N–C) groups is 1. The van der Waals surface area contributed by atoms with Gasteiger partial charge in [-0.1, -0.05) is 54.1 Å². The van der Waals surface area contributed by atoms with E-state index in [0.29, 0.717) is 24.7 Å². The van der Waals surface area contributed by atoms with E-state index in [-0.39, 0.29) is 5.56 Å². The topological polar surface area (TPSA) is 58.4 Å². The van der Waals surface area contributed by atoms with Crippen LogP contribution in [-0.4, -0.2) is 17.1 Å².